The molecule has 2 aromatic carbocycles. The van der Waals surface area contributed by atoms with Gasteiger partial charge in [0, 0.05) is 42.5 Å². The van der Waals surface area contributed by atoms with E-state index in [1.165, 1.54) is 0 Å². The topological polar surface area (TPSA) is 108 Å². The van der Waals surface area contributed by atoms with Crippen molar-refractivity contribution in [1.29, 1.82) is 5.26 Å². The summed E-state index contributed by atoms with van der Waals surface area (Å²) >= 11 is 0. The molecule has 8 nitrogen and oxygen atoms in total. The normalized spacial score (nSPS) is 14.5. The van der Waals surface area contributed by atoms with Crippen LogP contribution in [0.4, 0.5) is 19.1 Å². The molecular formula is C29H27F3N6O2. The Morgan fingerprint density at radius 2 is 1.88 bits per heavy atom. The van der Waals surface area contributed by atoms with Crippen LogP contribution in [0.2, 0.25) is 0 Å². The number of rotatable bonds is 6. The fraction of sp³-hybridized carbons (Fsp3) is 0.345. The van der Waals surface area contributed by atoms with E-state index in [9.17, 15) is 23.2 Å². The van der Waals surface area contributed by atoms with Gasteiger partial charge in [-0.2, -0.15) is 18.4 Å². The van der Waals surface area contributed by atoms with Crippen LogP contribution in [-0.4, -0.2) is 40.5 Å². The number of piperidine rings is 1. The number of amides is 1. The van der Waals surface area contributed by atoms with Gasteiger partial charge in [-0.15, -0.1) is 0 Å². The molecule has 0 atom stereocenters. The number of halogens is 3. The second-order valence-corrected chi connectivity index (χ2v) is 10.2. The zero-order chi connectivity index (χ0) is 28.4. The summed E-state index contributed by atoms with van der Waals surface area (Å²) in [5, 5.41) is 12.3. The molecule has 1 N–H and O–H groups in total. The number of carbonyl (C=O) groups excluding carboxylic acids is 1. The fourth-order valence-electron chi connectivity index (χ4n) is 4.77. The molecule has 1 saturated heterocycles. The predicted molar refractivity (Wildman–Crippen MR) is 143 cm³/mol. The summed E-state index contributed by atoms with van der Waals surface area (Å²) in [5.41, 5.74) is 2.95. The van der Waals surface area contributed by atoms with Crippen molar-refractivity contribution in [2.24, 2.45) is 5.92 Å². The highest BCUT2D eigenvalue weighted by atomic mass is 19.4. The maximum absolute atomic E-state index is 13.0. The first-order chi connectivity index (χ1) is 19.1. The molecule has 0 bridgehead atoms. The van der Waals surface area contributed by atoms with Crippen molar-refractivity contribution in [3.8, 4) is 17.5 Å². The van der Waals surface area contributed by atoms with Gasteiger partial charge in [-0.25, -0.2) is 15.0 Å². The van der Waals surface area contributed by atoms with E-state index in [-0.39, 0.29) is 23.7 Å². The number of carbonyl (C=O) groups is 1. The molecule has 1 fully saturated rings. The molecule has 5 rings (SSSR count). The van der Waals surface area contributed by atoms with Crippen LogP contribution in [0.25, 0.3) is 22.6 Å². The fourth-order valence-corrected chi connectivity index (χ4v) is 4.77. The van der Waals surface area contributed by atoms with Crippen molar-refractivity contribution in [2.75, 3.05) is 24.5 Å². The third-order valence-corrected chi connectivity index (χ3v) is 7.05. The van der Waals surface area contributed by atoms with Crippen molar-refractivity contribution in [3.63, 3.8) is 0 Å². The summed E-state index contributed by atoms with van der Waals surface area (Å²) in [6.07, 6.45) is -1.99. The average molecular weight is 549 g/mol. The molecule has 4 aromatic rings. The Hall–Kier alpha value is -4.46. The summed E-state index contributed by atoms with van der Waals surface area (Å²) in [5.74, 6) is 0.619. The van der Waals surface area contributed by atoms with Gasteiger partial charge in [0.25, 0.3) is 5.91 Å². The van der Waals surface area contributed by atoms with Gasteiger partial charge in [-0.3, -0.25) is 4.79 Å². The van der Waals surface area contributed by atoms with Crippen LogP contribution >= 0.6 is 0 Å². The minimum absolute atomic E-state index is 0.0716. The highest BCUT2D eigenvalue weighted by molar-refractivity contribution is 5.94. The van der Waals surface area contributed by atoms with Crippen molar-refractivity contribution in [2.45, 2.75) is 38.8 Å². The van der Waals surface area contributed by atoms with E-state index in [0.717, 1.165) is 17.8 Å². The largest absolute Gasteiger partial charge is 0.436 e. The van der Waals surface area contributed by atoms with Gasteiger partial charge in [0.05, 0.1) is 11.6 Å². The molecule has 2 aromatic heterocycles. The highest BCUT2D eigenvalue weighted by Crippen LogP contribution is 2.32. The predicted octanol–water partition coefficient (Wildman–Crippen LogP) is 5.95. The molecule has 1 aliphatic rings. The third-order valence-electron chi connectivity index (χ3n) is 7.05. The number of nitriles is 1. The molecular weight excluding hydrogens is 521 g/mol. The number of aromatic nitrogens is 3. The number of hydrogen-bond acceptors (Lipinski definition) is 7. The first-order valence-corrected chi connectivity index (χ1v) is 13.0. The van der Waals surface area contributed by atoms with Crippen LogP contribution in [0, 0.1) is 17.2 Å². The lowest BCUT2D eigenvalue weighted by molar-refractivity contribution is -0.141. The minimum Gasteiger partial charge on any atom is -0.436 e. The summed E-state index contributed by atoms with van der Waals surface area (Å²) in [6.45, 7) is 5.53. The second kappa shape index (κ2) is 11.0. The van der Waals surface area contributed by atoms with Crippen molar-refractivity contribution in [1.82, 2.24) is 20.3 Å². The summed E-state index contributed by atoms with van der Waals surface area (Å²) in [4.78, 5) is 26.7. The standard InChI is InChI=1S/C29H27F3N6O2/c1-17(2)22-13-19(15-33)14-23-25(22)40-27(36-23)21-5-3-20(4-6-21)26(39)35-16-18-8-11-38(12-9-18)28-34-10-7-24(37-28)29(30,31)32/h3-7,10,13-14,17-18H,8-9,11-12,16H2,1-2H3,(H,35,39). The summed E-state index contributed by atoms with van der Waals surface area (Å²) < 4.78 is 44.9. The van der Waals surface area contributed by atoms with Crippen molar-refractivity contribution in [3.05, 3.63) is 71.0 Å². The second-order valence-electron chi connectivity index (χ2n) is 10.2. The molecule has 11 heteroatoms. The zero-order valence-corrected chi connectivity index (χ0v) is 22.0. The van der Waals surface area contributed by atoms with Crippen LogP contribution in [-0.2, 0) is 6.18 Å². The summed E-state index contributed by atoms with van der Waals surface area (Å²) in [6, 6.07) is 13.5. The van der Waals surface area contributed by atoms with Gasteiger partial charge in [-0.05, 0) is 67.1 Å². The van der Waals surface area contributed by atoms with Crippen LogP contribution in [0.15, 0.2) is 53.1 Å². The highest BCUT2D eigenvalue weighted by Gasteiger charge is 2.33. The Kier molecular flexibility index (Phi) is 7.43. The Labute approximate surface area is 228 Å². The number of nitrogens with one attached hydrogen (secondary N) is 1. The third kappa shape index (κ3) is 5.76. The van der Waals surface area contributed by atoms with E-state index in [0.29, 0.717) is 66.2 Å². The molecule has 0 saturated carbocycles. The monoisotopic (exact) mass is 548 g/mol. The minimum atomic E-state index is -4.51. The molecule has 0 aliphatic carbocycles. The smallest absolute Gasteiger partial charge is 0.433 e. The SMILES string of the molecule is CC(C)c1cc(C#N)cc2nc(-c3ccc(C(=O)NCC4CCN(c5nccc(C(F)(F)F)n5)CC4)cc3)oc12. The van der Waals surface area contributed by atoms with Crippen molar-refractivity contribution >= 4 is 23.0 Å². The number of oxazole rings is 1. The Balaban J connectivity index is 1.18. The van der Waals surface area contributed by atoms with E-state index in [2.05, 4.69) is 26.3 Å². The Morgan fingerprint density at radius 1 is 1.15 bits per heavy atom. The van der Waals surface area contributed by atoms with E-state index < -0.39 is 11.9 Å². The molecule has 40 heavy (non-hydrogen) atoms. The van der Waals surface area contributed by atoms with E-state index >= 15 is 0 Å². The molecule has 1 aliphatic heterocycles. The van der Waals surface area contributed by atoms with E-state index in [1.54, 1.807) is 35.2 Å². The van der Waals surface area contributed by atoms with Crippen LogP contribution in [0.3, 0.4) is 0 Å². The number of fused-ring (bicyclic) bond motifs is 1. The number of anilines is 1. The lowest BCUT2D eigenvalue weighted by Crippen LogP contribution is -2.39. The van der Waals surface area contributed by atoms with Gasteiger partial charge < -0.3 is 14.6 Å². The van der Waals surface area contributed by atoms with Crippen LogP contribution in [0.1, 0.15) is 59.8 Å². The number of nitrogens with zero attached hydrogens (tertiary/aromatic N) is 5. The molecule has 0 radical (unpaired) electrons. The van der Waals surface area contributed by atoms with Gasteiger partial charge >= 0.3 is 6.18 Å². The lowest BCUT2D eigenvalue weighted by atomic mass is 9.97. The quantitative estimate of drug-likeness (QED) is 0.317. The maximum atomic E-state index is 13.0. The van der Waals surface area contributed by atoms with Crippen LogP contribution in [0.5, 0.6) is 0 Å². The van der Waals surface area contributed by atoms with E-state index in [4.69, 9.17) is 4.42 Å². The summed E-state index contributed by atoms with van der Waals surface area (Å²) in [7, 11) is 0. The Bertz CT molecular complexity index is 1570. The number of alkyl halides is 3. The molecule has 0 unspecified atom stereocenters. The van der Waals surface area contributed by atoms with Gasteiger partial charge in [0.2, 0.25) is 11.8 Å². The average Bonchev–Trinajstić information content (AvgIpc) is 3.39. The first-order valence-electron chi connectivity index (χ1n) is 13.0. The van der Waals surface area contributed by atoms with Crippen LogP contribution < -0.4 is 10.2 Å². The molecule has 1 amide bonds. The number of hydrogen-bond donors (Lipinski definition) is 1. The maximum Gasteiger partial charge on any atom is 0.433 e. The Morgan fingerprint density at radius 3 is 2.52 bits per heavy atom. The molecule has 3 heterocycles. The molecule has 0 spiro atoms. The van der Waals surface area contributed by atoms with E-state index in [1.807, 2.05) is 19.9 Å². The van der Waals surface area contributed by atoms with Gasteiger partial charge in [0.15, 0.2) is 5.58 Å². The molecule has 206 valence electrons. The lowest BCUT2D eigenvalue weighted by Gasteiger charge is -2.32. The van der Waals surface area contributed by atoms with Gasteiger partial charge in [-0.1, -0.05) is 13.8 Å². The number of benzene rings is 2. The zero-order valence-electron chi connectivity index (χ0n) is 22.0. The van der Waals surface area contributed by atoms with Crippen molar-refractivity contribution < 1.29 is 22.4 Å². The first kappa shape index (κ1) is 27.1. The van der Waals surface area contributed by atoms with Gasteiger partial charge in [0.1, 0.15) is 11.2 Å².